The van der Waals surface area contributed by atoms with Crippen molar-refractivity contribution >= 4 is 86.2 Å². The van der Waals surface area contributed by atoms with Crippen molar-refractivity contribution in [1.82, 2.24) is 0 Å². The number of rotatable bonds is 4. The third-order valence-corrected chi connectivity index (χ3v) is 6.61. The normalized spacial score (nSPS) is 14.1. The van der Waals surface area contributed by atoms with Crippen LogP contribution in [0.2, 0.25) is 0 Å². The summed E-state index contributed by atoms with van der Waals surface area (Å²) in [5, 5.41) is 3.14. The van der Waals surface area contributed by atoms with Gasteiger partial charge in [0.25, 0.3) is 11.8 Å². The van der Waals surface area contributed by atoms with Crippen molar-refractivity contribution in [3.05, 3.63) is 91.1 Å². The molecule has 6 nitrogen and oxygen atoms in total. The maximum absolute atomic E-state index is 13.4. The fourth-order valence-corrected chi connectivity index (χ4v) is 5.78. The van der Waals surface area contributed by atoms with E-state index in [2.05, 4.69) is 50.5 Å². The molecule has 0 aliphatic carbocycles. The molecule has 3 aromatic carbocycles. The number of imide groups is 2. The van der Waals surface area contributed by atoms with Gasteiger partial charge in [0.2, 0.25) is 0 Å². The quantitative estimate of drug-likeness (QED) is 0.230. The number of carbonyl (C=O) groups excluding carboxylic acids is 3. The number of anilines is 3. The number of barbiturate groups is 1. The molecule has 32 heavy (non-hydrogen) atoms. The fraction of sp³-hybridized carbons (Fsp3) is 0.0417. The van der Waals surface area contributed by atoms with Gasteiger partial charge in [0.1, 0.15) is 5.57 Å². The first kappa shape index (κ1) is 22.5. The zero-order valence-corrected chi connectivity index (χ0v) is 21.2. The Hall–Kier alpha value is -2.73. The van der Waals surface area contributed by atoms with Crippen LogP contribution in [0.4, 0.5) is 21.9 Å². The van der Waals surface area contributed by atoms with Gasteiger partial charge in [-0.1, -0.05) is 36.4 Å². The molecule has 0 bridgehead atoms. The third-order valence-electron chi connectivity index (χ3n) is 4.90. The molecular weight excluding hydrogens is 632 g/mol. The maximum Gasteiger partial charge on any atom is 0.343 e. The largest absolute Gasteiger partial charge is 0.386 e. The number of para-hydroxylation sites is 2. The van der Waals surface area contributed by atoms with Crippen molar-refractivity contribution in [3.63, 3.8) is 0 Å². The molecule has 0 atom stereocenters. The molecule has 1 aliphatic heterocycles. The number of amides is 4. The molecule has 1 heterocycles. The summed E-state index contributed by atoms with van der Waals surface area (Å²) >= 11 is 4.41. The SMILES string of the molecule is CNc1c(I)cc(C=C2C(=O)N(c3ccccc3)C(=O)N(c3ccccc3)C2=O)cc1I. The van der Waals surface area contributed by atoms with Crippen LogP contribution in [-0.2, 0) is 9.59 Å². The van der Waals surface area contributed by atoms with Crippen LogP contribution in [-0.4, -0.2) is 24.9 Å². The summed E-state index contributed by atoms with van der Waals surface area (Å²) in [7, 11) is 1.84. The zero-order chi connectivity index (χ0) is 22.8. The van der Waals surface area contributed by atoms with Crippen molar-refractivity contribution < 1.29 is 14.4 Å². The summed E-state index contributed by atoms with van der Waals surface area (Å²) in [6, 6.07) is 20.3. The summed E-state index contributed by atoms with van der Waals surface area (Å²) in [6.45, 7) is 0. The van der Waals surface area contributed by atoms with E-state index in [0.717, 1.165) is 22.6 Å². The Morgan fingerprint density at radius 3 is 1.59 bits per heavy atom. The molecule has 4 amide bonds. The summed E-state index contributed by atoms with van der Waals surface area (Å²) in [5.41, 5.74) is 2.39. The number of hydrogen-bond acceptors (Lipinski definition) is 4. The molecule has 0 saturated carbocycles. The van der Waals surface area contributed by atoms with E-state index in [0.29, 0.717) is 16.9 Å². The lowest BCUT2D eigenvalue weighted by Gasteiger charge is -2.34. The minimum Gasteiger partial charge on any atom is -0.386 e. The maximum atomic E-state index is 13.4. The lowest BCUT2D eigenvalue weighted by molar-refractivity contribution is -0.121. The number of carbonyl (C=O) groups is 3. The Kier molecular flexibility index (Phi) is 6.60. The average Bonchev–Trinajstić information content (AvgIpc) is 2.78. The highest BCUT2D eigenvalue weighted by Crippen LogP contribution is 2.31. The van der Waals surface area contributed by atoms with Gasteiger partial charge in [-0.05, 0) is 93.2 Å². The van der Waals surface area contributed by atoms with Crippen molar-refractivity contribution in [2.24, 2.45) is 0 Å². The van der Waals surface area contributed by atoms with E-state index < -0.39 is 17.8 Å². The lowest BCUT2D eigenvalue weighted by Crippen LogP contribution is -2.57. The first-order valence-electron chi connectivity index (χ1n) is 9.64. The predicted molar refractivity (Wildman–Crippen MR) is 143 cm³/mol. The molecule has 8 heteroatoms. The first-order valence-corrected chi connectivity index (χ1v) is 11.8. The van der Waals surface area contributed by atoms with E-state index in [9.17, 15) is 14.4 Å². The number of nitrogens with zero attached hydrogens (tertiary/aromatic N) is 2. The van der Waals surface area contributed by atoms with Crippen LogP contribution in [0, 0.1) is 7.14 Å². The highest BCUT2D eigenvalue weighted by atomic mass is 127. The molecule has 0 spiro atoms. The van der Waals surface area contributed by atoms with E-state index in [4.69, 9.17) is 0 Å². The van der Waals surface area contributed by atoms with E-state index in [-0.39, 0.29) is 5.57 Å². The first-order chi connectivity index (χ1) is 15.4. The zero-order valence-electron chi connectivity index (χ0n) is 16.9. The Morgan fingerprint density at radius 1 is 0.750 bits per heavy atom. The van der Waals surface area contributed by atoms with Gasteiger partial charge in [0.05, 0.1) is 17.1 Å². The summed E-state index contributed by atoms with van der Waals surface area (Å²) in [5.74, 6) is -1.30. The summed E-state index contributed by atoms with van der Waals surface area (Å²) in [6.07, 6.45) is 1.55. The molecule has 1 fully saturated rings. The average molecular weight is 649 g/mol. The number of benzene rings is 3. The lowest BCUT2D eigenvalue weighted by atomic mass is 10.0. The topological polar surface area (TPSA) is 69.7 Å². The van der Waals surface area contributed by atoms with E-state index in [1.807, 2.05) is 19.2 Å². The molecule has 0 radical (unpaired) electrons. The van der Waals surface area contributed by atoms with Crippen molar-refractivity contribution in [2.75, 3.05) is 22.2 Å². The van der Waals surface area contributed by atoms with Gasteiger partial charge in [-0.2, -0.15) is 0 Å². The number of urea groups is 1. The molecule has 1 saturated heterocycles. The van der Waals surface area contributed by atoms with Gasteiger partial charge in [-0.25, -0.2) is 14.6 Å². The Morgan fingerprint density at radius 2 is 1.19 bits per heavy atom. The second-order valence-electron chi connectivity index (χ2n) is 6.90. The van der Waals surface area contributed by atoms with Gasteiger partial charge in [0.15, 0.2) is 0 Å². The van der Waals surface area contributed by atoms with Crippen molar-refractivity contribution in [2.45, 2.75) is 0 Å². The number of hydrogen-bond donors (Lipinski definition) is 1. The molecule has 160 valence electrons. The monoisotopic (exact) mass is 649 g/mol. The van der Waals surface area contributed by atoms with Gasteiger partial charge in [0, 0.05) is 14.2 Å². The van der Waals surface area contributed by atoms with Gasteiger partial charge < -0.3 is 5.32 Å². The van der Waals surface area contributed by atoms with Gasteiger partial charge in [-0.3, -0.25) is 9.59 Å². The Balaban J connectivity index is 1.87. The van der Waals surface area contributed by atoms with Gasteiger partial charge >= 0.3 is 6.03 Å². The van der Waals surface area contributed by atoms with Gasteiger partial charge in [-0.15, -0.1) is 0 Å². The minimum absolute atomic E-state index is 0.0823. The second-order valence-corrected chi connectivity index (χ2v) is 9.23. The minimum atomic E-state index is -0.704. The van der Waals surface area contributed by atoms with Crippen LogP contribution in [0.25, 0.3) is 6.08 Å². The van der Waals surface area contributed by atoms with E-state index >= 15 is 0 Å². The van der Waals surface area contributed by atoms with E-state index in [1.165, 1.54) is 0 Å². The number of halogens is 2. The molecule has 4 rings (SSSR count). The van der Waals surface area contributed by atoms with Crippen molar-refractivity contribution in [3.8, 4) is 0 Å². The Bertz CT molecular complexity index is 1160. The molecular formula is C24H17I2N3O3. The van der Waals surface area contributed by atoms with Crippen molar-refractivity contribution in [1.29, 1.82) is 0 Å². The standard InChI is InChI=1S/C24H17I2N3O3/c1-27-21-19(25)13-15(14-20(21)26)12-18-22(30)28(16-8-4-2-5-9-16)24(32)29(23(18)31)17-10-6-3-7-11-17/h2-14,27H,1H3. The van der Waals surface area contributed by atoms with Crippen LogP contribution in [0.5, 0.6) is 0 Å². The fourth-order valence-electron chi connectivity index (χ4n) is 3.42. The van der Waals surface area contributed by atoms with Crippen LogP contribution >= 0.6 is 45.2 Å². The van der Waals surface area contributed by atoms with Crippen LogP contribution in [0.15, 0.2) is 78.4 Å². The molecule has 1 N–H and O–H groups in total. The molecule has 1 aliphatic rings. The molecule has 3 aromatic rings. The summed E-state index contributed by atoms with van der Waals surface area (Å²) in [4.78, 5) is 42.2. The molecule has 0 aromatic heterocycles. The van der Waals surface area contributed by atoms with Crippen LogP contribution in [0.3, 0.4) is 0 Å². The number of nitrogens with one attached hydrogen (secondary N) is 1. The highest BCUT2D eigenvalue weighted by molar-refractivity contribution is 14.1. The Labute approximate surface area is 212 Å². The molecule has 0 unspecified atom stereocenters. The predicted octanol–water partition coefficient (Wildman–Crippen LogP) is 5.52. The van der Waals surface area contributed by atoms with Crippen LogP contribution in [0.1, 0.15) is 5.56 Å². The third kappa shape index (κ3) is 4.16. The smallest absolute Gasteiger partial charge is 0.343 e. The highest BCUT2D eigenvalue weighted by Gasteiger charge is 2.43. The summed E-state index contributed by atoms with van der Waals surface area (Å²) < 4.78 is 1.91. The van der Waals surface area contributed by atoms with E-state index in [1.54, 1.807) is 66.7 Å². The second kappa shape index (κ2) is 9.41. The van der Waals surface area contributed by atoms with Crippen LogP contribution < -0.4 is 15.1 Å².